The summed E-state index contributed by atoms with van der Waals surface area (Å²) in [6.07, 6.45) is 0. The molecule has 1 atom stereocenters. The van der Waals surface area contributed by atoms with Crippen molar-refractivity contribution in [1.29, 1.82) is 0 Å². The number of imide groups is 1. The van der Waals surface area contributed by atoms with Gasteiger partial charge in [-0.25, -0.2) is 4.79 Å². The van der Waals surface area contributed by atoms with Gasteiger partial charge in [-0.1, -0.05) is 60.2 Å². The highest BCUT2D eigenvalue weighted by atomic mass is 16.2. The molecule has 0 saturated carbocycles. The summed E-state index contributed by atoms with van der Waals surface area (Å²) < 4.78 is 0. The average molecular weight is 323 g/mol. The maximum absolute atomic E-state index is 11.7. The Morgan fingerprint density at radius 3 is 2.33 bits per heavy atom. The zero-order valence-corrected chi connectivity index (χ0v) is 13.7. The van der Waals surface area contributed by atoms with Gasteiger partial charge in [-0.05, 0) is 18.1 Å². The normalized spacial score (nSPS) is 15.5. The number of hydrogen-bond acceptors (Lipinski definition) is 3. The molecule has 2 aromatic rings. The molecule has 1 unspecified atom stereocenters. The maximum atomic E-state index is 11.7. The first-order chi connectivity index (χ1) is 11.6. The standard InChI is InChI=1S/C19H21N3O2/c1-14-7-9-16(10-8-14)18(15-5-3-2-4-6-15)20-11-12-22-17(23)13-21-19(22)24/h2-10,18,20H,11-13H2,1H3,(H,21,24). The van der Waals surface area contributed by atoms with Gasteiger partial charge in [-0.2, -0.15) is 0 Å². The molecule has 2 aromatic carbocycles. The van der Waals surface area contributed by atoms with Gasteiger partial charge in [0.15, 0.2) is 0 Å². The summed E-state index contributed by atoms with van der Waals surface area (Å²) in [6, 6.07) is 18.3. The van der Waals surface area contributed by atoms with Gasteiger partial charge in [-0.3, -0.25) is 9.69 Å². The zero-order chi connectivity index (χ0) is 16.9. The molecule has 0 aliphatic carbocycles. The monoisotopic (exact) mass is 323 g/mol. The fraction of sp³-hybridized carbons (Fsp3) is 0.263. The van der Waals surface area contributed by atoms with Crippen molar-refractivity contribution in [2.24, 2.45) is 0 Å². The van der Waals surface area contributed by atoms with Crippen LogP contribution in [-0.4, -0.2) is 36.5 Å². The molecule has 1 aliphatic heterocycles. The number of rotatable bonds is 6. The fourth-order valence-corrected chi connectivity index (χ4v) is 2.83. The minimum absolute atomic E-state index is 0.0209. The van der Waals surface area contributed by atoms with Crippen LogP contribution in [0.1, 0.15) is 22.7 Å². The quantitative estimate of drug-likeness (QED) is 0.802. The molecule has 3 amide bonds. The molecule has 3 rings (SSSR count). The van der Waals surface area contributed by atoms with Gasteiger partial charge in [0.2, 0.25) is 5.91 Å². The van der Waals surface area contributed by atoms with E-state index >= 15 is 0 Å². The Kier molecular flexibility index (Phi) is 4.91. The first kappa shape index (κ1) is 16.2. The van der Waals surface area contributed by atoms with Crippen LogP contribution in [0.15, 0.2) is 54.6 Å². The van der Waals surface area contributed by atoms with Crippen LogP contribution in [0.4, 0.5) is 4.79 Å². The SMILES string of the molecule is Cc1ccc(C(NCCN2C(=O)CNC2=O)c2ccccc2)cc1. The average Bonchev–Trinajstić information content (AvgIpc) is 2.92. The van der Waals surface area contributed by atoms with E-state index in [1.807, 2.05) is 18.2 Å². The predicted molar refractivity (Wildman–Crippen MR) is 92.6 cm³/mol. The lowest BCUT2D eigenvalue weighted by molar-refractivity contribution is -0.124. The van der Waals surface area contributed by atoms with Crippen molar-refractivity contribution in [2.75, 3.05) is 19.6 Å². The van der Waals surface area contributed by atoms with Gasteiger partial charge in [-0.15, -0.1) is 0 Å². The van der Waals surface area contributed by atoms with Gasteiger partial charge >= 0.3 is 6.03 Å². The van der Waals surface area contributed by atoms with Crippen LogP contribution in [0.25, 0.3) is 0 Å². The third-order valence-electron chi connectivity index (χ3n) is 4.16. The number of carbonyl (C=O) groups excluding carboxylic acids is 2. The lowest BCUT2D eigenvalue weighted by atomic mass is 9.98. The van der Waals surface area contributed by atoms with Gasteiger partial charge in [0.1, 0.15) is 0 Å². The first-order valence-electron chi connectivity index (χ1n) is 8.08. The van der Waals surface area contributed by atoms with E-state index in [0.29, 0.717) is 13.1 Å². The second-order valence-electron chi connectivity index (χ2n) is 5.91. The number of benzene rings is 2. The summed E-state index contributed by atoms with van der Waals surface area (Å²) in [5.41, 5.74) is 3.52. The topological polar surface area (TPSA) is 61.4 Å². The molecule has 1 fully saturated rings. The van der Waals surface area contributed by atoms with E-state index in [4.69, 9.17) is 0 Å². The Morgan fingerprint density at radius 1 is 1.04 bits per heavy atom. The van der Waals surface area contributed by atoms with Gasteiger partial charge < -0.3 is 10.6 Å². The third-order valence-corrected chi connectivity index (χ3v) is 4.16. The summed E-state index contributed by atoms with van der Waals surface area (Å²) in [5, 5.41) is 6.00. The van der Waals surface area contributed by atoms with Crippen LogP contribution >= 0.6 is 0 Å². The number of nitrogens with one attached hydrogen (secondary N) is 2. The van der Waals surface area contributed by atoms with Crippen molar-refractivity contribution in [1.82, 2.24) is 15.5 Å². The van der Waals surface area contributed by atoms with Crippen LogP contribution in [0.5, 0.6) is 0 Å². The molecule has 1 aliphatic rings. The fourth-order valence-electron chi connectivity index (χ4n) is 2.83. The molecule has 24 heavy (non-hydrogen) atoms. The van der Waals surface area contributed by atoms with Crippen molar-refractivity contribution in [2.45, 2.75) is 13.0 Å². The number of carbonyl (C=O) groups is 2. The largest absolute Gasteiger partial charge is 0.329 e. The summed E-state index contributed by atoms with van der Waals surface area (Å²) in [4.78, 5) is 24.5. The molecular weight excluding hydrogens is 302 g/mol. The lowest BCUT2D eigenvalue weighted by Gasteiger charge is -2.21. The van der Waals surface area contributed by atoms with E-state index in [9.17, 15) is 9.59 Å². The molecule has 0 aromatic heterocycles. The Labute approximate surface area is 141 Å². The summed E-state index contributed by atoms with van der Waals surface area (Å²) >= 11 is 0. The number of nitrogens with zero attached hydrogens (tertiary/aromatic N) is 1. The van der Waals surface area contributed by atoms with Crippen LogP contribution in [0.2, 0.25) is 0 Å². The van der Waals surface area contributed by atoms with Gasteiger partial charge in [0.05, 0.1) is 12.6 Å². The summed E-state index contributed by atoms with van der Waals surface area (Å²) in [7, 11) is 0. The van der Waals surface area contributed by atoms with Crippen molar-refractivity contribution in [3.05, 3.63) is 71.3 Å². The predicted octanol–water partition coefficient (Wildman–Crippen LogP) is 2.23. The molecule has 124 valence electrons. The Morgan fingerprint density at radius 2 is 1.71 bits per heavy atom. The van der Waals surface area contributed by atoms with Crippen LogP contribution < -0.4 is 10.6 Å². The molecule has 2 N–H and O–H groups in total. The highest BCUT2D eigenvalue weighted by Crippen LogP contribution is 2.22. The Hall–Kier alpha value is -2.66. The highest BCUT2D eigenvalue weighted by Gasteiger charge is 2.28. The smallest absolute Gasteiger partial charge is 0.324 e. The van der Waals surface area contributed by atoms with Crippen molar-refractivity contribution in [3.63, 3.8) is 0 Å². The molecule has 1 saturated heterocycles. The lowest BCUT2D eigenvalue weighted by Crippen LogP contribution is -2.38. The van der Waals surface area contributed by atoms with E-state index in [1.165, 1.54) is 10.5 Å². The zero-order valence-electron chi connectivity index (χ0n) is 13.7. The second kappa shape index (κ2) is 7.27. The number of aryl methyl sites for hydroxylation is 1. The first-order valence-corrected chi connectivity index (χ1v) is 8.08. The van der Waals surface area contributed by atoms with E-state index in [1.54, 1.807) is 0 Å². The van der Waals surface area contributed by atoms with Crippen molar-refractivity contribution < 1.29 is 9.59 Å². The van der Waals surface area contributed by atoms with Crippen LogP contribution in [0.3, 0.4) is 0 Å². The van der Waals surface area contributed by atoms with Gasteiger partial charge in [0, 0.05) is 13.1 Å². The highest BCUT2D eigenvalue weighted by molar-refractivity contribution is 6.01. The minimum atomic E-state index is -0.312. The van der Waals surface area contributed by atoms with Crippen LogP contribution in [-0.2, 0) is 4.79 Å². The Balaban J connectivity index is 1.72. The van der Waals surface area contributed by atoms with Crippen LogP contribution in [0, 0.1) is 6.92 Å². The van der Waals surface area contributed by atoms with Crippen molar-refractivity contribution in [3.8, 4) is 0 Å². The minimum Gasteiger partial charge on any atom is -0.329 e. The number of urea groups is 1. The maximum Gasteiger partial charge on any atom is 0.324 e. The molecule has 1 heterocycles. The number of hydrogen-bond donors (Lipinski definition) is 2. The van der Waals surface area contributed by atoms with Crippen molar-refractivity contribution >= 4 is 11.9 Å². The third kappa shape index (κ3) is 3.63. The van der Waals surface area contributed by atoms with E-state index in [2.05, 4.69) is 54.0 Å². The van der Waals surface area contributed by atoms with E-state index < -0.39 is 0 Å². The van der Waals surface area contributed by atoms with E-state index in [-0.39, 0.29) is 24.5 Å². The Bertz CT molecular complexity index is 697. The molecule has 5 nitrogen and oxygen atoms in total. The molecule has 0 bridgehead atoms. The number of amides is 3. The second-order valence-corrected chi connectivity index (χ2v) is 5.91. The molecule has 0 spiro atoms. The molecule has 5 heteroatoms. The molecular formula is C19H21N3O2. The summed E-state index contributed by atoms with van der Waals surface area (Å²) in [5.74, 6) is -0.173. The molecule has 0 radical (unpaired) electrons. The summed E-state index contributed by atoms with van der Waals surface area (Å²) in [6.45, 7) is 3.05. The van der Waals surface area contributed by atoms with Gasteiger partial charge in [0.25, 0.3) is 0 Å². The van der Waals surface area contributed by atoms with E-state index in [0.717, 1.165) is 11.1 Å².